The number of allylic oxidation sites excluding steroid dienone is 33. The lowest BCUT2D eigenvalue weighted by Gasteiger charge is -2.18. The van der Waals surface area contributed by atoms with Crippen molar-refractivity contribution < 1.29 is 28.6 Å². The predicted octanol–water partition coefficient (Wildman–Crippen LogP) is 18.9. The lowest BCUT2D eigenvalue weighted by Crippen LogP contribution is -2.30. The first kappa shape index (κ1) is 67.0. The molecule has 0 spiro atoms. The molecule has 6 heteroatoms. The molecule has 400 valence electrons. The van der Waals surface area contributed by atoms with Gasteiger partial charge in [0.1, 0.15) is 13.2 Å². The maximum atomic E-state index is 12.8. The van der Waals surface area contributed by atoms with Gasteiger partial charge in [-0.2, -0.15) is 0 Å². The van der Waals surface area contributed by atoms with E-state index in [0.717, 1.165) is 116 Å². The van der Waals surface area contributed by atoms with Gasteiger partial charge in [-0.1, -0.05) is 227 Å². The van der Waals surface area contributed by atoms with E-state index in [1.54, 1.807) is 6.08 Å². The molecule has 0 saturated heterocycles. The van der Waals surface area contributed by atoms with Crippen LogP contribution < -0.4 is 0 Å². The van der Waals surface area contributed by atoms with Crippen LogP contribution in [0.2, 0.25) is 0 Å². The second kappa shape index (κ2) is 58.6. The van der Waals surface area contributed by atoms with E-state index in [1.165, 1.54) is 0 Å². The molecule has 0 amide bonds. The summed E-state index contributed by atoms with van der Waals surface area (Å²) in [4.78, 5) is 38.0. The van der Waals surface area contributed by atoms with Crippen molar-refractivity contribution in [2.45, 2.75) is 181 Å². The van der Waals surface area contributed by atoms with Gasteiger partial charge < -0.3 is 14.2 Å². The highest BCUT2D eigenvalue weighted by atomic mass is 16.6. The summed E-state index contributed by atoms with van der Waals surface area (Å²) in [5.74, 6) is -1.25. The highest BCUT2D eigenvalue weighted by molar-refractivity contribution is 5.72. The van der Waals surface area contributed by atoms with Crippen molar-refractivity contribution >= 4 is 17.9 Å². The average Bonchev–Trinajstić information content (AvgIpc) is 3.39. The molecule has 1 atom stereocenters. The standard InChI is InChI=1S/C67H96O6/c1-4-7-10-13-16-19-22-25-28-30-32-33-35-36-39-42-45-48-51-54-57-60-66(69)72-63-64(62-71-65(68)59-56-53-50-47-44-41-38-27-24-21-18-15-12-9-6-3)73-67(70)61-58-55-52-49-46-43-40-37-34-31-29-26-23-20-17-14-11-8-5-2/h7-12,16-21,25-29,32-34,36-39,43-48,52-53,55-56,64H,4-6,13-15,22-24,30-31,35,40-42,49-51,54,57-63H2,1-3H3/b10-7-,11-8-,12-9-,19-16-,20-17-,21-18-,28-25-,29-26-,33-32-,37-34-,38-27-,39-36-,46-43-,47-44-,48-45-,55-52-,56-53-. The van der Waals surface area contributed by atoms with Crippen LogP contribution in [0.15, 0.2) is 207 Å². The van der Waals surface area contributed by atoms with E-state index in [0.29, 0.717) is 19.3 Å². The molecule has 0 fully saturated rings. The topological polar surface area (TPSA) is 78.9 Å². The van der Waals surface area contributed by atoms with Crippen molar-refractivity contribution in [1.29, 1.82) is 0 Å². The van der Waals surface area contributed by atoms with Gasteiger partial charge >= 0.3 is 17.9 Å². The van der Waals surface area contributed by atoms with Gasteiger partial charge in [0.2, 0.25) is 0 Å². The van der Waals surface area contributed by atoms with E-state index in [-0.39, 0.29) is 38.4 Å². The van der Waals surface area contributed by atoms with E-state index in [9.17, 15) is 14.4 Å². The number of rotatable bonds is 46. The molecule has 0 aliphatic heterocycles. The lowest BCUT2D eigenvalue weighted by molar-refractivity contribution is -0.166. The molecule has 0 heterocycles. The SMILES string of the molecule is CC/C=C\C/C=C\C/C=C\C/C=C\C/C=C\C/C=C\CCCCC(=O)OCC(COC(=O)C/C=C\C/C=C\C/C=C\C/C=C\C/C=C\CC)OC(=O)CC/C=C\C/C=C\C/C=C\C/C=C\C/C=C\C/C=C\CC. The van der Waals surface area contributed by atoms with Gasteiger partial charge in [-0.15, -0.1) is 0 Å². The van der Waals surface area contributed by atoms with E-state index in [2.05, 4.69) is 203 Å². The Kier molecular flexibility index (Phi) is 53.7. The van der Waals surface area contributed by atoms with Crippen molar-refractivity contribution in [3.8, 4) is 0 Å². The molecule has 0 saturated carbocycles. The van der Waals surface area contributed by atoms with E-state index in [4.69, 9.17) is 14.2 Å². The van der Waals surface area contributed by atoms with Crippen LogP contribution in [0.4, 0.5) is 0 Å². The van der Waals surface area contributed by atoms with Crippen molar-refractivity contribution in [3.63, 3.8) is 0 Å². The van der Waals surface area contributed by atoms with Crippen molar-refractivity contribution in [1.82, 2.24) is 0 Å². The fourth-order valence-corrected chi connectivity index (χ4v) is 6.31. The number of carbonyl (C=O) groups excluding carboxylic acids is 3. The lowest BCUT2D eigenvalue weighted by atomic mass is 10.2. The maximum absolute atomic E-state index is 12.8. The number of esters is 3. The first-order valence-corrected chi connectivity index (χ1v) is 27.6. The third-order valence-electron chi connectivity index (χ3n) is 10.3. The number of carbonyl (C=O) groups is 3. The summed E-state index contributed by atoms with van der Waals surface area (Å²) in [7, 11) is 0. The van der Waals surface area contributed by atoms with Crippen molar-refractivity contribution in [2.75, 3.05) is 13.2 Å². The predicted molar refractivity (Wildman–Crippen MR) is 315 cm³/mol. The molecule has 0 aromatic heterocycles. The normalized spacial score (nSPS) is 13.7. The summed E-state index contributed by atoms with van der Waals surface area (Å²) in [6.07, 6.45) is 91.4. The molecule has 0 aromatic carbocycles. The summed E-state index contributed by atoms with van der Waals surface area (Å²) >= 11 is 0. The molecular formula is C67H96O6. The molecule has 0 radical (unpaired) electrons. The number of ether oxygens (including phenoxy) is 3. The second-order valence-corrected chi connectivity index (χ2v) is 17.0. The third kappa shape index (κ3) is 56.8. The number of hydrogen-bond acceptors (Lipinski definition) is 6. The van der Waals surface area contributed by atoms with E-state index >= 15 is 0 Å². The molecule has 0 rings (SSSR count). The summed E-state index contributed by atoms with van der Waals surface area (Å²) < 4.78 is 16.6. The molecule has 0 bridgehead atoms. The van der Waals surface area contributed by atoms with Crippen LogP contribution in [0, 0.1) is 0 Å². The Balaban J connectivity index is 4.74. The van der Waals surface area contributed by atoms with Crippen LogP contribution in [0.3, 0.4) is 0 Å². The monoisotopic (exact) mass is 997 g/mol. The third-order valence-corrected chi connectivity index (χ3v) is 10.3. The molecular weight excluding hydrogens is 901 g/mol. The fourth-order valence-electron chi connectivity index (χ4n) is 6.31. The molecule has 0 N–H and O–H groups in total. The largest absolute Gasteiger partial charge is 0.462 e. The molecule has 0 aliphatic rings. The van der Waals surface area contributed by atoms with Gasteiger partial charge in [-0.3, -0.25) is 14.4 Å². The molecule has 0 aliphatic carbocycles. The molecule has 1 unspecified atom stereocenters. The fraction of sp³-hybridized carbons (Fsp3) is 0.448. The van der Waals surface area contributed by atoms with Gasteiger partial charge in [0.15, 0.2) is 6.10 Å². The quantitative estimate of drug-likeness (QED) is 0.0262. The minimum absolute atomic E-state index is 0.0907. The minimum Gasteiger partial charge on any atom is -0.462 e. The Morgan fingerprint density at radius 3 is 0.890 bits per heavy atom. The Morgan fingerprint density at radius 2 is 0.562 bits per heavy atom. The Bertz CT molecular complexity index is 1860. The van der Waals surface area contributed by atoms with Crippen molar-refractivity contribution in [3.05, 3.63) is 207 Å². The zero-order chi connectivity index (χ0) is 52.9. The summed E-state index contributed by atoms with van der Waals surface area (Å²) in [5, 5.41) is 0. The van der Waals surface area contributed by atoms with Crippen LogP contribution in [-0.2, 0) is 28.6 Å². The van der Waals surface area contributed by atoms with Crippen molar-refractivity contribution in [2.24, 2.45) is 0 Å². The van der Waals surface area contributed by atoms with Crippen LogP contribution in [-0.4, -0.2) is 37.2 Å². The summed E-state index contributed by atoms with van der Waals surface area (Å²) in [5.41, 5.74) is 0. The Hall–Kier alpha value is -6.01. The van der Waals surface area contributed by atoms with Gasteiger partial charge in [0, 0.05) is 12.8 Å². The van der Waals surface area contributed by atoms with Gasteiger partial charge in [0.05, 0.1) is 6.42 Å². The summed E-state index contributed by atoms with van der Waals surface area (Å²) in [6, 6.07) is 0. The zero-order valence-electron chi connectivity index (χ0n) is 45.5. The molecule has 73 heavy (non-hydrogen) atoms. The highest BCUT2D eigenvalue weighted by Gasteiger charge is 2.19. The van der Waals surface area contributed by atoms with Gasteiger partial charge in [-0.05, 0) is 135 Å². The first-order chi connectivity index (χ1) is 36.0. The van der Waals surface area contributed by atoms with E-state index in [1.807, 2.05) is 18.2 Å². The highest BCUT2D eigenvalue weighted by Crippen LogP contribution is 2.08. The van der Waals surface area contributed by atoms with E-state index < -0.39 is 18.0 Å². The minimum atomic E-state index is -0.891. The van der Waals surface area contributed by atoms with Crippen LogP contribution in [0.5, 0.6) is 0 Å². The maximum Gasteiger partial charge on any atom is 0.309 e. The Morgan fingerprint density at radius 1 is 0.288 bits per heavy atom. The van der Waals surface area contributed by atoms with Crippen LogP contribution >= 0.6 is 0 Å². The smallest absolute Gasteiger partial charge is 0.309 e. The summed E-state index contributed by atoms with van der Waals surface area (Å²) in [6.45, 7) is 6.07. The number of unbranched alkanes of at least 4 members (excludes halogenated alkanes) is 2. The molecule has 6 nitrogen and oxygen atoms in total. The van der Waals surface area contributed by atoms with Crippen LogP contribution in [0.25, 0.3) is 0 Å². The van der Waals surface area contributed by atoms with Gasteiger partial charge in [-0.25, -0.2) is 0 Å². The average molecular weight is 997 g/mol. The zero-order valence-corrected chi connectivity index (χ0v) is 45.5. The number of hydrogen-bond donors (Lipinski definition) is 0. The molecule has 0 aromatic rings. The van der Waals surface area contributed by atoms with Gasteiger partial charge in [0.25, 0.3) is 0 Å². The second-order valence-electron chi connectivity index (χ2n) is 17.0. The van der Waals surface area contributed by atoms with Crippen LogP contribution in [0.1, 0.15) is 175 Å². The first-order valence-electron chi connectivity index (χ1n) is 27.6. The Labute approximate surface area is 445 Å².